The normalized spacial score (nSPS) is 20.8. The van der Waals surface area contributed by atoms with Crippen LogP contribution in [0.4, 0.5) is 0 Å². The molecule has 0 atom stereocenters. The molecular formula is C32H43N5O2. The maximum Gasteiger partial charge on any atom is 0.280 e. The number of nitrogens with zero attached hydrogens (tertiary/aromatic N) is 3. The van der Waals surface area contributed by atoms with Crippen LogP contribution in [0.5, 0.6) is 0 Å². The van der Waals surface area contributed by atoms with Gasteiger partial charge in [-0.3, -0.25) is 9.59 Å². The van der Waals surface area contributed by atoms with Crippen molar-refractivity contribution in [3.8, 4) is 0 Å². The predicted molar refractivity (Wildman–Crippen MR) is 155 cm³/mol. The van der Waals surface area contributed by atoms with Crippen LogP contribution in [0.3, 0.4) is 0 Å². The van der Waals surface area contributed by atoms with Gasteiger partial charge in [0, 0.05) is 23.7 Å². The van der Waals surface area contributed by atoms with Crippen LogP contribution in [-0.4, -0.2) is 28.7 Å². The second-order valence-electron chi connectivity index (χ2n) is 12.3. The second kappa shape index (κ2) is 12.7. The smallest absolute Gasteiger partial charge is 0.280 e. The number of carbonyl (C=O) groups is 2. The van der Waals surface area contributed by atoms with Crippen molar-refractivity contribution in [3.63, 3.8) is 0 Å². The molecule has 3 N–H and O–H groups in total. The highest BCUT2D eigenvalue weighted by molar-refractivity contribution is 6.02. The van der Waals surface area contributed by atoms with Gasteiger partial charge >= 0.3 is 0 Å². The molecule has 0 saturated heterocycles. The van der Waals surface area contributed by atoms with Crippen LogP contribution in [0.15, 0.2) is 58.6 Å². The summed E-state index contributed by atoms with van der Waals surface area (Å²) in [6.07, 6.45) is 10.6. The van der Waals surface area contributed by atoms with Crippen LogP contribution in [0.25, 0.3) is 0 Å². The average Bonchev–Trinajstić information content (AvgIpc) is 2.96. The highest BCUT2D eigenvalue weighted by Crippen LogP contribution is 2.40. The molecule has 2 aromatic carbocycles. The van der Waals surface area contributed by atoms with Crippen molar-refractivity contribution in [3.05, 3.63) is 70.8 Å². The van der Waals surface area contributed by atoms with E-state index in [9.17, 15) is 9.59 Å². The van der Waals surface area contributed by atoms with E-state index in [4.69, 9.17) is 11.3 Å². The topological polar surface area (TPSA) is 112 Å². The molecular weight excluding hydrogens is 486 g/mol. The average molecular weight is 530 g/mol. The summed E-state index contributed by atoms with van der Waals surface area (Å²) in [5.74, 6) is 0.429. The largest absolute Gasteiger partial charge is 0.366 e. The van der Waals surface area contributed by atoms with Crippen molar-refractivity contribution in [2.75, 3.05) is 0 Å². The zero-order valence-electron chi connectivity index (χ0n) is 23.7. The van der Waals surface area contributed by atoms with E-state index >= 15 is 0 Å². The molecule has 39 heavy (non-hydrogen) atoms. The summed E-state index contributed by atoms with van der Waals surface area (Å²) < 4.78 is 0. The molecule has 2 amide bonds. The molecule has 7 heteroatoms. The lowest BCUT2D eigenvalue weighted by Gasteiger charge is -2.41. The van der Waals surface area contributed by atoms with Gasteiger partial charge in [0.05, 0.1) is 0 Å². The van der Waals surface area contributed by atoms with E-state index in [1.165, 1.54) is 37.7 Å². The number of aliphatic imine (C=N–C) groups is 1. The number of hydrogen-bond acceptors (Lipinski definition) is 3. The Morgan fingerprint density at radius 2 is 1.46 bits per heavy atom. The molecule has 208 valence electrons. The Morgan fingerprint density at radius 3 is 2.03 bits per heavy atom. The highest BCUT2D eigenvalue weighted by Gasteiger charge is 2.34. The van der Waals surface area contributed by atoms with Crippen LogP contribution in [0.1, 0.15) is 116 Å². The third-order valence-electron chi connectivity index (χ3n) is 8.74. The minimum atomic E-state index is -0.540. The maximum absolute atomic E-state index is 14.0. The zero-order valence-corrected chi connectivity index (χ0v) is 23.7. The molecule has 0 unspecified atom stereocenters. The fraction of sp³-hybridized carbons (Fsp3) is 0.531. The van der Waals surface area contributed by atoms with Crippen LogP contribution in [0.2, 0.25) is 0 Å². The molecule has 0 aliphatic heterocycles. The van der Waals surface area contributed by atoms with Crippen LogP contribution >= 0.6 is 0 Å². The number of nitrogens with two attached hydrogens (primary N) is 1. The molecule has 0 heterocycles. The van der Waals surface area contributed by atoms with Gasteiger partial charge in [-0.15, -0.1) is 5.11 Å². The lowest BCUT2D eigenvalue weighted by molar-refractivity contribution is 0.0530. The van der Waals surface area contributed by atoms with E-state index in [2.05, 4.69) is 43.0 Å². The third kappa shape index (κ3) is 7.40. The van der Waals surface area contributed by atoms with E-state index in [0.717, 1.165) is 36.8 Å². The van der Waals surface area contributed by atoms with E-state index in [0.29, 0.717) is 23.9 Å². The summed E-state index contributed by atoms with van der Waals surface area (Å²) in [5, 5.41) is 2.98. The Labute approximate surface area is 232 Å². The monoisotopic (exact) mass is 529 g/mol. The molecule has 2 fully saturated rings. The molecule has 2 saturated carbocycles. The minimum absolute atomic E-state index is 0.0685. The van der Waals surface area contributed by atoms with Gasteiger partial charge in [0.1, 0.15) is 0 Å². The lowest BCUT2D eigenvalue weighted by atomic mass is 9.71. The fourth-order valence-electron chi connectivity index (χ4n) is 6.26. The van der Waals surface area contributed by atoms with Crippen molar-refractivity contribution in [1.82, 2.24) is 4.90 Å². The first-order chi connectivity index (χ1) is 18.7. The molecule has 0 spiro atoms. The van der Waals surface area contributed by atoms with Gasteiger partial charge in [-0.25, -0.2) is 5.53 Å². The van der Waals surface area contributed by atoms with Gasteiger partial charge in [0.2, 0.25) is 5.96 Å². The number of nitrogens with one attached hydrogen (secondary N) is 1. The Hall–Kier alpha value is -3.35. The summed E-state index contributed by atoms with van der Waals surface area (Å²) in [5.41, 5.74) is 16.0. The second-order valence-corrected chi connectivity index (χ2v) is 12.3. The number of hydrogen-bond donors (Lipinski definition) is 2. The third-order valence-corrected chi connectivity index (χ3v) is 8.74. The summed E-state index contributed by atoms with van der Waals surface area (Å²) in [6, 6.07) is 15.6. The molecule has 0 bridgehead atoms. The number of benzene rings is 2. The van der Waals surface area contributed by atoms with E-state index in [1.807, 2.05) is 29.2 Å². The number of amides is 2. The van der Waals surface area contributed by atoms with Crippen molar-refractivity contribution in [2.45, 2.75) is 97.1 Å². The van der Waals surface area contributed by atoms with Crippen LogP contribution in [0, 0.1) is 16.9 Å². The first-order valence-electron chi connectivity index (χ1n) is 14.4. The van der Waals surface area contributed by atoms with Crippen LogP contribution < -0.4 is 5.73 Å². The molecule has 0 aromatic heterocycles. The summed E-state index contributed by atoms with van der Waals surface area (Å²) in [4.78, 5) is 31.9. The van der Waals surface area contributed by atoms with Gasteiger partial charge < -0.3 is 10.6 Å². The number of carbonyl (C=O) groups excluding carboxylic acids is 2. The van der Waals surface area contributed by atoms with Crippen molar-refractivity contribution >= 4 is 17.8 Å². The quantitative estimate of drug-likeness (QED) is 0.230. The molecule has 2 aliphatic rings. The summed E-state index contributed by atoms with van der Waals surface area (Å²) >= 11 is 0. The summed E-state index contributed by atoms with van der Waals surface area (Å²) in [6.45, 7) is 7.42. The van der Waals surface area contributed by atoms with E-state index < -0.39 is 5.91 Å². The standard InChI is InChI=1S/C32H43N5O2/c1-32(2,3)27-17-19-28(20-18-27)37(21-22-9-11-25(12-10-22)29(38)35-31(33)36-34)30(39)26-15-13-24(14-16-26)23-7-5-4-6-8-23/h9-16,23,27-28,34H,4-8,17-21H2,1-3H3,(H2,33,35,38). The Bertz CT molecular complexity index is 1170. The zero-order chi connectivity index (χ0) is 28.0. The number of guanidine groups is 1. The van der Waals surface area contributed by atoms with Crippen molar-refractivity contribution < 1.29 is 9.59 Å². The van der Waals surface area contributed by atoms with Crippen LogP contribution in [-0.2, 0) is 6.54 Å². The molecule has 2 aliphatic carbocycles. The Balaban J connectivity index is 1.53. The van der Waals surface area contributed by atoms with Crippen molar-refractivity contribution in [2.24, 2.45) is 27.2 Å². The molecule has 7 nitrogen and oxygen atoms in total. The van der Waals surface area contributed by atoms with E-state index in [-0.39, 0.29) is 23.3 Å². The minimum Gasteiger partial charge on any atom is -0.366 e. The van der Waals surface area contributed by atoms with Crippen molar-refractivity contribution in [1.29, 1.82) is 5.53 Å². The fourth-order valence-corrected chi connectivity index (χ4v) is 6.26. The van der Waals surface area contributed by atoms with Gasteiger partial charge in [0.25, 0.3) is 11.8 Å². The molecule has 2 aromatic rings. The molecule has 4 rings (SSSR count). The lowest BCUT2D eigenvalue weighted by Crippen LogP contribution is -2.43. The Kier molecular flexibility index (Phi) is 9.31. The highest BCUT2D eigenvalue weighted by atomic mass is 16.2. The first kappa shape index (κ1) is 28.7. The summed E-state index contributed by atoms with van der Waals surface area (Å²) in [7, 11) is 0. The molecule has 0 radical (unpaired) electrons. The SMILES string of the molecule is CC(C)(C)C1CCC(N(Cc2ccc(C(=O)N=C(N)N=N)cc2)C(=O)c2ccc(C3CCCCC3)cc2)CC1. The van der Waals surface area contributed by atoms with Gasteiger partial charge in [0.15, 0.2) is 0 Å². The predicted octanol–water partition coefficient (Wildman–Crippen LogP) is 7.47. The van der Waals surface area contributed by atoms with Gasteiger partial charge in [-0.05, 0) is 91.2 Å². The first-order valence-corrected chi connectivity index (χ1v) is 14.4. The number of rotatable bonds is 6. The maximum atomic E-state index is 14.0. The van der Waals surface area contributed by atoms with Gasteiger partial charge in [-0.2, -0.15) is 4.99 Å². The van der Waals surface area contributed by atoms with E-state index in [1.54, 1.807) is 12.1 Å². The Morgan fingerprint density at radius 1 is 0.872 bits per heavy atom. The van der Waals surface area contributed by atoms with Gasteiger partial charge in [-0.1, -0.05) is 64.3 Å².